The predicted octanol–water partition coefficient (Wildman–Crippen LogP) is 4.38. The van der Waals surface area contributed by atoms with Gasteiger partial charge in [0.25, 0.3) is 0 Å². The van der Waals surface area contributed by atoms with Gasteiger partial charge >= 0.3 is 0 Å². The standard InChI is InChI=1S/C17H21NO/c1-2-19-12-11-14-3-7-16(8-4-14)17-9-5-15(13-18)6-10-17/h2,5-6,9-10,14,16H,1,3-4,7-8,11-12H2/t14-,16-. The maximum Gasteiger partial charge on any atom is 0.0991 e. The number of hydrogen-bond acceptors (Lipinski definition) is 2. The minimum Gasteiger partial charge on any atom is -0.502 e. The molecule has 0 atom stereocenters. The van der Waals surface area contributed by atoms with Crippen LogP contribution in [0.5, 0.6) is 0 Å². The first-order valence-electron chi connectivity index (χ1n) is 7.06. The number of nitrogens with zero attached hydrogens (tertiary/aromatic N) is 1. The average Bonchev–Trinajstić information content (AvgIpc) is 2.48. The van der Waals surface area contributed by atoms with Crippen molar-refractivity contribution in [1.82, 2.24) is 0 Å². The molecule has 0 radical (unpaired) electrons. The summed E-state index contributed by atoms with van der Waals surface area (Å²) in [6.45, 7) is 4.37. The molecule has 0 amide bonds. The van der Waals surface area contributed by atoms with E-state index in [1.54, 1.807) is 0 Å². The Labute approximate surface area is 115 Å². The van der Waals surface area contributed by atoms with Crippen molar-refractivity contribution in [2.75, 3.05) is 6.61 Å². The van der Waals surface area contributed by atoms with E-state index in [-0.39, 0.29) is 0 Å². The summed E-state index contributed by atoms with van der Waals surface area (Å²) in [5, 5.41) is 8.81. The van der Waals surface area contributed by atoms with Gasteiger partial charge in [0.15, 0.2) is 0 Å². The van der Waals surface area contributed by atoms with Gasteiger partial charge in [0.2, 0.25) is 0 Å². The van der Waals surface area contributed by atoms with Gasteiger partial charge in [-0.3, -0.25) is 0 Å². The summed E-state index contributed by atoms with van der Waals surface area (Å²) in [7, 11) is 0. The molecule has 0 spiro atoms. The molecule has 0 heterocycles. The molecule has 0 aromatic heterocycles. The summed E-state index contributed by atoms with van der Waals surface area (Å²) in [6.07, 6.45) is 7.75. The molecule has 0 bridgehead atoms. The second kappa shape index (κ2) is 6.99. The molecule has 2 rings (SSSR count). The largest absolute Gasteiger partial charge is 0.502 e. The normalized spacial score (nSPS) is 22.5. The Morgan fingerprint density at radius 2 is 1.89 bits per heavy atom. The van der Waals surface area contributed by atoms with E-state index >= 15 is 0 Å². The van der Waals surface area contributed by atoms with Crippen molar-refractivity contribution >= 4 is 0 Å². The first kappa shape index (κ1) is 13.7. The molecular weight excluding hydrogens is 234 g/mol. The van der Waals surface area contributed by atoms with Crippen molar-refractivity contribution < 1.29 is 4.74 Å². The van der Waals surface area contributed by atoms with Gasteiger partial charge in [-0.05, 0) is 61.6 Å². The first-order chi connectivity index (χ1) is 9.33. The SMILES string of the molecule is C=COCC[C@H]1CC[C@H](c2ccc(C#N)cc2)CC1. The highest BCUT2D eigenvalue weighted by atomic mass is 16.5. The molecule has 1 saturated carbocycles. The maximum absolute atomic E-state index is 8.81. The molecule has 1 aliphatic rings. The van der Waals surface area contributed by atoms with Crippen LogP contribution in [0.1, 0.15) is 49.1 Å². The van der Waals surface area contributed by atoms with Gasteiger partial charge in [-0.2, -0.15) is 5.26 Å². The Morgan fingerprint density at radius 1 is 1.21 bits per heavy atom. The van der Waals surface area contributed by atoms with Gasteiger partial charge in [-0.15, -0.1) is 0 Å². The lowest BCUT2D eigenvalue weighted by atomic mass is 9.77. The van der Waals surface area contributed by atoms with Crippen LogP contribution in [-0.2, 0) is 4.74 Å². The highest BCUT2D eigenvalue weighted by molar-refractivity contribution is 5.33. The highest BCUT2D eigenvalue weighted by Gasteiger charge is 2.22. The Hall–Kier alpha value is -1.75. The fourth-order valence-electron chi connectivity index (χ4n) is 2.93. The summed E-state index contributed by atoms with van der Waals surface area (Å²) >= 11 is 0. The maximum atomic E-state index is 8.81. The summed E-state index contributed by atoms with van der Waals surface area (Å²) in [6, 6.07) is 10.3. The van der Waals surface area contributed by atoms with Gasteiger partial charge in [0, 0.05) is 0 Å². The van der Waals surface area contributed by atoms with Crippen LogP contribution in [-0.4, -0.2) is 6.61 Å². The van der Waals surface area contributed by atoms with Crippen LogP contribution in [0.15, 0.2) is 37.1 Å². The van der Waals surface area contributed by atoms with E-state index in [1.165, 1.54) is 37.5 Å². The third-order valence-electron chi connectivity index (χ3n) is 4.12. The predicted molar refractivity (Wildman–Crippen MR) is 76.6 cm³/mol. The summed E-state index contributed by atoms with van der Waals surface area (Å²) in [4.78, 5) is 0. The van der Waals surface area contributed by atoms with Crippen LogP contribution >= 0.6 is 0 Å². The molecule has 2 heteroatoms. The molecule has 1 aliphatic carbocycles. The number of hydrogen-bond donors (Lipinski definition) is 0. The van der Waals surface area contributed by atoms with Gasteiger partial charge in [-0.25, -0.2) is 0 Å². The number of nitriles is 1. The molecule has 1 fully saturated rings. The van der Waals surface area contributed by atoms with E-state index in [1.807, 2.05) is 12.1 Å². The van der Waals surface area contributed by atoms with Crippen molar-refractivity contribution in [2.45, 2.75) is 38.0 Å². The minimum atomic E-state index is 0.671. The Bertz CT molecular complexity index is 435. The third-order valence-corrected chi connectivity index (χ3v) is 4.12. The topological polar surface area (TPSA) is 33.0 Å². The zero-order valence-electron chi connectivity index (χ0n) is 11.3. The number of ether oxygens (including phenoxy) is 1. The van der Waals surface area contributed by atoms with Crippen molar-refractivity contribution in [3.63, 3.8) is 0 Å². The lowest BCUT2D eigenvalue weighted by molar-refractivity contribution is 0.199. The van der Waals surface area contributed by atoms with Crippen LogP contribution in [0.25, 0.3) is 0 Å². The molecule has 0 aliphatic heterocycles. The quantitative estimate of drug-likeness (QED) is 0.577. The van der Waals surface area contributed by atoms with E-state index in [0.717, 1.165) is 24.5 Å². The third kappa shape index (κ3) is 3.86. The zero-order valence-corrected chi connectivity index (χ0v) is 11.3. The molecule has 19 heavy (non-hydrogen) atoms. The van der Waals surface area contributed by atoms with E-state index < -0.39 is 0 Å². The fraction of sp³-hybridized carbons (Fsp3) is 0.471. The lowest BCUT2D eigenvalue weighted by Crippen LogP contribution is -2.14. The second-order valence-corrected chi connectivity index (χ2v) is 5.28. The summed E-state index contributed by atoms with van der Waals surface area (Å²) < 4.78 is 5.21. The van der Waals surface area contributed by atoms with Gasteiger partial charge in [-0.1, -0.05) is 18.7 Å². The van der Waals surface area contributed by atoms with Crippen molar-refractivity contribution in [3.05, 3.63) is 48.2 Å². The van der Waals surface area contributed by atoms with E-state index in [4.69, 9.17) is 10.00 Å². The van der Waals surface area contributed by atoms with Gasteiger partial charge in [0.05, 0.1) is 24.5 Å². The van der Waals surface area contributed by atoms with Gasteiger partial charge in [0.1, 0.15) is 0 Å². The molecule has 0 saturated heterocycles. The Morgan fingerprint density at radius 3 is 2.47 bits per heavy atom. The summed E-state index contributed by atoms with van der Waals surface area (Å²) in [5.41, 5.74) is 2.14. The second-order valence-electron chi connectivity index (χ2n) is 5.28. The van der Waals surface area contributed by atoms with Crippen LogP contribution in [0.3, 0.4) is 0 Å². The highest BCUT2D eigenvalue weighted by Crippen LogP contribution is 2.37. The summed E-state index contributed by atoms with van der Waals surface area (Å²) in [5.74, 6) is 1.47. The van der Waals surface area contributed by atoms with Crippen LogP contribution in [0.2, 0.25) is 0 Å². The monoisotopic (exact) mass is 255 g/mol. The van der Waals surface area contributed by atoms with E-state index in [9.17, 15) is 0 Å². The smallest absolute Gasteiger partial charge is 0.0991 e. The molecule has 2 nitrogen and oxygen atoms in total. The van der Waals surface area contributed by atoms with Crippen molar-refractivity contribution in [1.29, 1.82) is 5.26 Å². The van der Waals surface area contributed by atoms with Crippen molar-refractivity contribution in [2.24, 2.45) is 5.92 Å². The van der Waals surface area contributed by atoms with Crippen LogP contribution < -0.4 is 0 Å². The molecule has 1 aromatic rings. The van der Waals surface area contributed by atoms with Crippen LogP contribution in [0, 0.1) is 17.2 Å². The molecule has 0 unspecified atom stereocenters. The Kier molecular flexibility index (Phi) is 5.03. The minimum absolute atomic E-state index is 0.671. The molecule has 100 valence electrons. The molecule has 1 aromatic carbocycles. The lowest BCUT2D eigenvalue weighted by Gasteiger charge is -2.28. The van der Waals surface area contributed by atoms with Gasteiger partial charge < -0.3 is 4.74 Å². The molecular formula is C17H21NO. The number of benzene rings is 1. The number of rotatable bonds is 5. The molecule has 0 N–H and O–H groups in total. The fourth-order valence-corrected chi connectivity index (χ4v) is 2.93. The van der Waals surface area contributed by atoms with E-state index in [0.29, 0.717) is 5.92 Å². The van der Waals surface area contributed by atoms with Crippen molar-refractivity contribution in [3.8, 4) is 6.07 Å². The van der Waals surface area contributed by atoms with Crippen LogP contribution in [0.4, 0.5) is 0 Å². The Balaban J connectivity index is 1.82. The van der Waals surface area contributed by atoms with E-state index in [2.05, 4.69) is 24.8 Å². The zero-order chi connectivity index (χ0) is 13.5. The average molecular weight is 255 g/mol. The first-order valence-corrected chi connectivity index (χ1v) is 7.06.